The monoisotopic (exact) mass is 281 g/mol. The van der Waals surface area contributed by atoms with Gasteiger partial charge in [0.25, 0.3) is 0 Å². The van der Waals surface area contributed by atoms with E-state index in [1.165, 1.54) is 4.88 Å². The molecule has 1 aromatic carbocycles. The van der Waals surface area contributed by atoms with E-state index in [4.69, 9.17) is 0 Å². The number of halogens is 1. The van der Waals surface area contributed by atoms with Crippen LogP contribution >= 0.6 is 27.3 Å². The minimum absolute atomic E-state index is 0.367. The molecule has 0 bridgehead atoms. The van der Waals surface area contributed by atoms with Crippen LogP contribution in [0.1, 0.15) is 17.8 Å². The molecule has 2 rings (SSSR count). The third-order valence-corrected chi connectivity index (χ3v) is 3.78. The van der Waals surface area contributed by atoms with Crippen LogP contribution in [0.15, 0.2) is 46.3 Å². The summed E-state index contributed by atoms with van der Waals surface area (Å²) in [7, 11) is 0. The van der Waals surface area contributed by atoms with Crippen molar-refractivity contribution >= 4 is 33.0 Å². The molecule has 0 spiro atoms. The Balaban J connectivity index is 2.06. The smallest absolute Gasteiger partial charge is 0.0578 e. The second kappa shape index (κ2) is 4.81. The normalized spacial score (nSPS) is 12.4. The maximum absolute atomic E-state index is 3.46. The van der Waals surface area contributed by atoms with E-state index < -0.39 is 0 Å². The van der Waals surface area contributed by atoms with Crippen molar-refractivity contribution in [2.45, 2.75) is 13.0 Å². The highest BCUT2D eigenvalue weighted by Gasteiger charge is 2.05. The van der Waals surface area contributed by atoms with Gasteiger partial charge in [-0.25, -0.2) is 0 Å². The van der Waals surface area contributed by atoms with Crippen LogP contribution in [0.5, 0.6) is 0 Å². The number of thiophene rings is 1. The van der Waals surface area contributed by atoms with Crippen LogP contribution in [-0.4, -0.2) is 0 Å². The van der Waals surface area contributed by atoms with Crippen molar-refractivity contribution in [3.05, 3.63) is 51.1 Å². The van der Waals surface area contributed by atoms with Gasteiger partial charge in [0, 0.05) is 15.0 Å². The molecule has 78 valence electrons. The predicted octanol–water partition coefficient (Wildman–Crippen LogP) is 4.68. The van der Waals surface area contributed by atoms with E-state index in [0.29, 0.717) is 6.04 Å². The van der Waals surface area contributed by atoms with Gasteiger partial charge in [0.1, 0.15) is 0 Å². The lowest BCUT2D eigenvalue weighted by molar-refractivity contribution is 0.908. The number of benzene rings is 1. The number of rotatable bonds is 3. The van der Waals surface area contributed by atoms with E-state index in [2.05, 4.69) is 57.8 Å². The summed E-state index contributed by atoms with van der Waals surface area (Å²) >= 11 is 5.21. The molecule has 0 fully saturated rings. The van der Waals surface area contributed by atoms with Crippen molar-refractivity contribution in [3.8, 4) is 0 Å². The summed E-state index contributed by atoms with van der Waals surface area (Å²) in [6, 6.07) is 12.8. The van der Waals surface area contributed by atoms with Gasteiger partial charge in [-0.3, -0.25) is 0 Å². The van der Waals surface area contributed by atoms with Crippen molar-refractivity contribution in [1.82, 2.24) is 0 Å². The Morgan fingerprint density at radius 2 is 1.93 bits per heavy atom. The molecule has 3 heteroatoms. The summed E-state index contributed by atoms with van der Waals surface area (Å²) in [6.07, 6.45) is 0. The number of nitrogens with one attached hydrogen (secondary N) is 1. The van der Waals surface area contributed by atoms with Crippen LogP contribution in [0.4, 0.5) is 5.69 Å². The van der Waals surface area contributed by atoms with Crippen molar-refractivity contribution in [2.75, 3.05) is 5.32 Å². The largest absolute Gasteiger partial charge is 0.378 e. The van der Waals surface area contributed by atoms with E-state index in [9.17, 15) is 0 Å². The van der Waals surface area contributed by atoms with Gasteiger partial charge in [0.15, 0.2) is 0 Å². The fourth-order valence-corrected chi connectivity index (χ4v) is 2.40. The molecule has 0 aliphatic rings. The maximum atomic E-state index is 3.46. The van der Waals surface area contributed by atoms with E-state index >= 15 is 0 Å². The number of hydrogen-bond acceptors (Lipinski definition) is 2. The zero-order valence-corrected chi connectivity index (χ0v) is 10.8. The molecule has 1 N–H and O–H groups in total. The zero-order chi connectivity index (χ0) is 10.7. The molecule has 1 aromatic heterocycles. The molecular formula is C12H12BrNS. The Kier molecular flexibility index (Phi) is 3.44. The molecule has 2 aromatic rings. The third-order valence-electron chi connectivity index (χ3n) is 2.20. The minimum atomic E-state index is 0.367. The molecule has 0 aliphatic heterocycles. The van der Waals surface area contributed by atoms with Gasteiger partial charge in [0.05, 0.1) is 6.04 Å². The van der Waals surface area contributed by atoms with Gasteiger partial charge in [-0.1, -0.05) is 22.0 Å². The Morgan fingerprint density at radius 3 is 2.53 bits per heavy atom. The molecule has 0 aliphatic carbocycles. The maximum Gasteiger partial charge on any atom is 0.0578 e. The lowest BCUT2D eigenvalue weighted by atomic mass is 10.2. The Bertz CT molecular complexity index is 408. The van der Waals surface area contributed by atoms with Gasteiger partial charge in [0.2, 0.25) is 0 Å². The van der Waals surface area contributed by atoms with E-state index in [0.717, 1.165) is 10.2 Å². The fraction of sp³-hybridized carbons (Fsp3) is 0.167. The summed E-state index contributed by atoms with van der Waals surface area (Å²) in [4.78, 5) is 1.36. The zero-order valence-electron chi connectivity index (χ0n) is 8.41. The first-order valence-electron chi connectivity index (χ1n) is 4.81. The molecule has 0 radical (unpaired) electrons. The molecule has 0 amide bonds. The summed E-state index contributed by atoms with van der Waals surface area (Å²) in [5.74, 6) is 0. The molecule has 15 heavy (non-hydrogen) atoms. The van der Waals surface area contributed by atoms with Crippen molar-refractivity contribution in [2.24, 2.45) is 0 Å². The fourth-order valence-electron chi connectivity index (χ4n) is 1.40. The third kappa shape index (κ3) is 2.83. The van der Waals surface area contributed by atoms with E-state index in [1.807, 2.05) is 12.1 Å². The van der Waals surface area contributed by atoms with Crippen LogP contribution in [0, 0.1) is 0 Å². The second-order valence-electron chi connectivity index (χ2n) is 3.39. The SMILES string of the molecule is C[C@H](Nc1ccc(Br)cc1)c1cccs1. The van der Waals surface area contributed by atoms with Crippen LogP contribution < -0.4 is 5.32 Å². The van der Waals surface area contributed by atoms with Gasteiger partial charge >= 0.3 is 0 Å². The molecule has 1 heterocycles. The highest BCUT2D eigenvalue weighted by atomic mass is 79.9. The highest BCUT2D eigenvalue weighted by molar-refractivity contribution is 9.10. The molecule has 0 unspecified atom stereocenters. The Morgan fingerprint density at radius 1 is 1.20 bits per heavy atom. The van der Waals surface area contributed by atoms with E-state index in [-0.39, 0.29) is 0 Å². The first kappa shape index (κ1) is 10.7. The van der Waals surface area contributed by atoms with Crippen LogP contribution in [-0.2, 0) is 0 Å². The van der Waals surface area contributed by atoms with Crippen molar-refractivity contribution < 1.29 is 0 Å². The molecule has 0 saturated heterocycles. The van der Waals surface area contributed by atoms with Gasteiger partial charge < -0.3 is 5.32 Å². The highest BCUT2D eigenvalue weighted by Crippen LogP contribution is 2.23. The van der Waals surface area contributed by atoms with Gasteiger partial charge in [-0.2, -0.15) is 0 Å². The van der Waals surface area contributed by atoms with E-state index in [1.54, 1.807) is 11.3 Å². The minimum Gasteiger partial charge on any atom is -0.378 e. The summed E-state index contributed by atoms with van der Waals surface area (Å²) in [5.41, 5.74) is 1.15. The van der Waals surface area contributed by atoms with Crippen LogP contribution in [0.25, 0.3) is 0 Å². The second-order valence-corrected chi connectivity index (χ2v) is 5.28. The summed E-state index contributed by atoms with van der Waals surface area (Å²) in [5, 5.41) is 5.57. The molecule has 1 nitrogen and oxygen atoms in total. The quantitative estimate of drug-likeness (QED) is 0.861. The average Bonchev–Trinajstić information content (AvgIpc) is 2.74. The lowest BCUT2D eigenvalue weighted by Gasteiger charge is -2.13. The topological polar surface area (TPSA) is 12.0 Å². The van der Waals surface area contributed by atoms with Crippen molar-refractivity contribution in [3.63, 3.8) is 0 Å². The summed E-state index contributed by atoms with van der Waals surface area (Å²) in [6.45, 7) is 2.17. The van der Waals surface area contributed by atoms with Gasteiger partial charge in [-0.05, 0) is 42.6 Å². The number of hydrogen-bond donors (Lipinski definition) is 1. The standard InChI is InChI=1S/C12H12BrNS/c1-9(12-3-2-8-15-12)14-11-6-4-10(13)5-7-11/h2-9,14H,1H3/t9-/m0/s1. The average molecular weight is 282 g/mol. The number of anilines is 1. The molecular weight excluding hydrogens is 270 g/mol. The van der Waals surface area contributed by atoms with Crippen molar-refractivity contribution in [1.29, 1.82) is 0 Å². The predicted molar refractivity (Wildman–Crippen MR) is 70.5 cm³/mol. The molecule has 0 saturated carbocycles. The molecule has 1 atom stereocenters. The Hall–Kier alpha value is -0.800. The first-order valence-corrected chi connectivity index (χ1v) is 6.48. The lowest BCUT2D eigenvalue weighted by Crippen LogP contribution is -2.04. The van der Waals surface area contributed by atoms with Crippen LogP contribution in [0.3, 0.4) is 0 Å². The van der Waals surface area contributed by atoms with Gasteiger partial charge in [-0.15, -0.1) is 11.3 Å². The summed E-state index contributed by atoms with van der Waals surface area (Å²) < 4.78 is 1.11. The first-order chi connectivity index (χ1) is 7.25. The van der Waals surface area contributed by atoms with Crippen LogP contribution in [0.2, 0.25) is 0 Å². The Labute approximate surface area is 102 Å².